The molecule has 2 aliphatic rings. The van der Waals surface area contributed by atoms with Crippen LogP contribution in [0.5, 0.6) is 0 Å². The Morgan fingerprint density at radius 2 is 1.89 bits per heavy atom. The number of carbonyl (C=O) groups excluding carboxylic acids is 3. The first kappa shape index (κ1) is 27.6. The lowest BCUT2D eigenvalue weighted by molar-refractivity contribution is -0.128. The first-order valence-corrected chi connectivity index (χ1v) is 13.0. The van der Waals surface area contributed by atoms with E-state index in [0.29, 0.717) is 47.9 Å². The maximum absolute atomic E-state index is 14.0. The number of nitrogens with zero attached hydrogens (tertiary/aromatic N) is 4. The summed E-state index contributed by atoms with van der Waals surface area (Å²) in [6.07, 6.45) is 2.49. The normalized spacial score (nSPS) is 19.0. The zero-order valence-electron chi connectivity index (χ0n) is 22.6. The minimum Gasteiger partial charge on any atom is -0.444 e. The quantitative estimate of drug-likeness (QED) is 0.530. The number of rotatable bonds is 4. The van der Waals surface area contributed by atoms with Crippen molar-refractivity contribution in [2.24, 2.45) is 5.16 Å². The lowest BCUT2D eigenvalue weighted by atomic mass is 9.95. The van der Waals surface area contributed by atoms with E-state index in [4.69, 9.17) is 21.2 Å². The van der Waals surface area contributed by atoms with Crippen molar-refractivity contribution in [3.8, 4) is 0 Å². The second-order valence-corrected chi connectivity index (χ2v) is 11.6. The minimum absolute atomic E-state index is 0.219. The fourth-order valence-corrected chi connectivity index (χ4v) is 4.71. The fraction of sp³-hybridized carbons (Fsp3) is 0.464. The monoisotopic (exact) mass is 540 g/mol. The minimum atomic E-state index is -1.01. The topological polar surface area (TPSA) is 101 Å². The molecule has 0 radical (unpaired) electrons. The third-order valence-electron chi connectivity index (χ3n) is 6.41. The molecular weight excluding hydrogens is 508 g/mol. The molecule has 0 bridgehead atoms. The molecule has 0 spiro atoms. The average molecular weight is 541 g/mol. The predicted molar refractivity (Wildman–Crippen MR) is 145 cm³/mol. The summed E-state index contributed by atoms with van der Waals surface area (Å²) in [5.74, 6) is -0.0181. The number of ether oxygens (including phenoxy) is 1. The highest BCUT2D eigenvalue weighted by molar-refractivity contribution is 6.49. The van der Waals surface area contributed by atoms with Gasteiger partial charge < -0.3 is 14.5 Å². The highest BCUT2D eigenvalue weighted by Gasteiger charge is 2.40. The number of oxime groups is 1. The Balaban J connectivity index is 1.64. The van der Waals surface area contributed by atoms with Crippen molar-refractivity contribution in [2.75, 3.05) is 18.0 Å². The van der Waals surface area contributed by atoms with Crippen molar-refractivity contribution < 1.29 is 24.0 Å². The number of aromatic nitrogens is 1. The summed E-state index contributed by atoms with van der Waals surface area (Å²) in [6, 6.07) is 8.11. The van der Waals surface area contributed by atoms with Gasteiger partial charge in [-0.1, -0.05) is 28.9 Å². The molecule has 38 heavy (non-hydrogen) atoms. The number of pyridine rings is 1. The van der Waals surface area contributed by atoms with Gasteiger partial charge >= 0.3 is 6.09 Å². The molecule has 1 aromatic heterocycles. The average Bonchev–Trinajstić information content (AvgIpc) is 3.12. The van der Waals surface area contributed by atoms with Crippen LogP contribution >= 0.6 is 11.6 Å². The Kier molecular flexibility index (Phi) is 7.52. The van der Waals surface area contributed by atoms with Crippen molar-refractivity contribution in [3.63, 3.8) is 0 Å². The van der Waals surface area contributed by atoms with E-state index in [1.165, 1.54) is 6.20 Å². The number of halogens is 1. The Bertz CT molecular complexity index is 1280. The van der Waals surface area contributed by atoms with Gasteiger partial charge in [0.05, 0.1) is 11.1 Å². The molecule has 9 nitrogen and oxygen atoms in total. The molecule has 4 rings (SSSR count). The van der Waals surface area contributed by atoms with Crippen LogP contribution in [0.3, 0.4) is 0 Å². The van der Waals surface area contributed by atoms with Gasteiger partial charge in [-0.25, -0.2) is 9.78 Å². The maximum Gasteiger partial charge on any atom is 0.410 e. The van der Waals surface area contributed by atoms with Gasteiger partial charge in [0, 0.05) is 30.4 Å². The molecule has 0 N–H and O–H groups in total. The molecule has 10 heteroatoms. The van der Waals surface area contributed by atoms with E-state index in [-0.39, 0.29) is 23.4 Å². The summed E-state index contributed by atoms with van der Waals surface area (Å²) >= 11 is 6.16. The van der Waals surface area contributed by atoms with Crippen molar-refractivity contribution >= 4 is 40.9 Å². The summed E-state index contributed by atoms with van der Waals surface area (Å²) < 4.78 is 5.58. The van der Waals surface area contributed by atoms with Gasteiger partial charge in [0.1, 0.15) is 11.4 Å². The van der Waals surface area contributed by atoms with E-state index in [1.807, 2.05) is 27.7 Å². The highest BCUT2D eigenvalue weighted by Crippen LogP contribution is 2.29. The summed E-state index contributed by atoms with van der Waals surface area (Å²) in [5.41, 5.74) is 0.299. The molecule has 0 saturated carbocycles. The molecule has 1 atom stereocenters. The molecule has 2 amide bonds. The third-order valence-corrected chi connectivity index (χ3v) is 6.62. The van der Waals surface area contributed by atoms with E-state index in [2.05, 4.69) is 10.1 Å². The van der Waals surface area contributed by atoms with Gasteiger partial charge in [-0.15, -0.1) is 0 Å². The summed E-state index contributed by atoms with van der Waals surface area (Å²) in [7, 11) is 0. The molecule has 2 aliphatic heterocycles. The number of aryl methyl sites for hydroxylation is 1. The summed E-state index contributed by atoms with van der Waals surface area (Å²) in [4.78, 5) is 52.4. The van der Waals surface area contributed by atoms with Crippen LogP contribution in [0.2, 0.25) is 5.02 Å². The Hall–Kier alpha value is -3.46. The molecule has 2 aromatic rings. The first-order chi connectivity index (χ1) is 17.8. The van der Waals surface area contributed by atoms with Gasteiger partial charge in [0.2, 0.25) is 5.78 Å². The van der Waals surface area contributed by atoms with Crippen molar-refractivity contribution in [3.05, 3.63) is 58.2 Å². The number of amides is 2. The van der Waals surface area contributed by atoms with E-state index in [9.17, 15) is 14.4 Å². The van der Waals surface area contributed by atoms with E-state index in [1.54, 1.807) is 54.0 Å². The Morgan fingerprint density at radius 1 is 1.21 bits per heavy atom. The summed E-state index contributed by atoms with van der Waals surface area (Å²) in [5, 5.41) is 4.41. The molecule has 0 aliphatic carbocycles. The first-order valence-electron chi connectivity index (χ1n) is 12.6. The Labute approximate surface area is 227 Å². The van der Waals surface area contributed by atoms with Gasteiger partial charge in [-0.2, -0.15) is 0 Å². The molecule has 1 saturated heterocycles. The second-order valence-electron chi connectivity index (χ2n) is 11.1. The van der Waals surface area contributed by atoms with Gasteiger partial charge in [0.25, 0.3) is 5.91 Å². The van der Waals surface area contributed by atoms with Crippen LogP contribution < -0.4 is 4.90 Å². The molecule has 3 heterocycles. The van der Waals surface area contributed by atoms with E-state index >= 15 is 0 Å². The number of hydrogen-bond donors (Lipinski definition) is 0. The number of anilines is 1. The predicted octanol–water partition coefficient (Wildman–Crippen LogP) is 5.17. The zero-order chi connectivity index (χ0) is 27.8. The van der Waals surface area contributed by atoms with E-state index in [0.717, 1.165) is 5.56 Å². The molecule has 1 fully saturated rings. The maximum atomic E-state index is 14.0. The number of ketones is 1. The van der Waals surface area contributed by atoms with Crippen LogP contribution in [-0.4, -0.2) is 63.7 Å². The molecule has 202 valence electrons. The largest absolute Gasteiger partial charge is 0.444 e. The van der Waals surface area contributed by atoms with Crippen LogP contribution in [0.15, 0.2) is 41.7 Å². The van der Waals surface area contributed by atoms with Crippen molar-refractivity contribution in [1.82, 2.24) is 9.88 Å². The molecule has 1 aromatic carbocycles. The smallest absolute Gasteiger partial charge is 0.410 e. The highest BCUT2D eigenvalue weighted by atomic mass is 35.5. The SMILES string of the molecule is Cc1cc(Cl)cnc1N(C(=O)c1ccc(C2=NOC(C)(C)C2=O)cc1)[C@@H]1CCCN(C(=O)OC(C)(C)C)C1. The van der Waals surface area contributed by atoms with Crippen LogP contribution in [0.25, 0.3) is 0 Å². The number of likely N-dealkylation sites (tertiary alicyclic amines) is 1. The van der Waals surface area contributed by atoms with Crippen LogP contribution in [-0.2, 0) is 14.4 Å². The van der Waals surface area contributed by atoms with Crippen LogP contribution in [0.1, 0.15) is 68.9 Å². The van der Waals surface area contributed by atoms with Gasteiger partial charge in [-0.3, -0.25) is 14.5 Å². The van der Waals surface area contributed by atoms with Crippen LogP contribution in [0.4, 0.5) is 10.6 Å². The second kappa shape index (κ2) is 10.4. The lowest BCUT2D eigenvalue weighted by Gasteiger charge is -2.39. The summed E-state index contributed by atoms with van der Waals surface area (Å²) in [6.45, 7) is 11.5. The third kappa shape index (κ3) is 5.83. The zero-order valence-corrected chi connectivity index (χ0v) is 23.3. The number of piperidine rings is 1. The fourth-order valence-electron chi connectivity index (χ4n) is 4.50. The van der Waals surface area contributed by atoms with Gasteiger partial charge in [0.15, 0.2) is 11.3 Å². The van der Waals surface area contributed by atoms with Gasteiger partial charge in [-0.05, 0) is 78.1 Å². The lowest BCUT2D eigenvalue weighted by Crippen LogP contribution is -2.53. The number of hydrogen-bond acceptors (Lipinski definition) is 7. The molecular formula is C28H33ClN4O5. The molecule has 0 unspecified atom stereocenters. The standard InChI is InChI=1S/C28H33ClN4O5/c1-17-14-20(29)15-30-24(17)33(21-8-7-13-32(16-21)26(36)37-27(2,3)4)25(35)19-11-9-18(10-12-19)22-23(34)28(5,6)38-31-22/h9-12,14-15,21H,7-8,13,16H2,1-6H3/t21-/m1/s1. The Morgan fingerprint density at radius 3 is 2.47 bits per heavy atom. The van der Waals surface area contributed by atoms with Crippen LogP contribution in [0, 0.1) is 6.92 Å². The number of Topliss-reactive ketones (excluding diaryl/α,β-unsaturated/α-hetero) is 1. The van der Waals surface area contributed by atoms with Crippen molar-refractivity contribution in [1.29, 1.82) is 0 Å². The number of carbonyl (C=O) groups is 3. The number of benzene rings is 1. The van der Waals surface area contributed by atoms with E-state index < -0.39 is 17.3 Å². The van der Waals surface area contributed by atoms with Crippen molar-refractivity contribution in [2.45, 2.75) is 71.6 Å².